The van der Waals surface area contributed by atoms with E-state index >= 15 is 0 Å². The molecule has 1 aromatic rings. The summed E-state index contributed by atoms with van der Waals surface area (Å²) in [5, 5.41) is 7.87. The standard InChI is InChI=1S/C13H19BrN2O4S/c1-4-20-8(2)7-16-13(17)11-5-10(14)6-12(9(11)3)21(15,18)19/h5-6,8H,4,7H2,1-3H3,(H,16,17)(H2,15,18,19). The Morgan fingerprint density at radius 2 is 2.10 bits per heavy atom. The molecule has 0 aliphatic rings. The summed E-state index contributed by atoms with van der Waals surface area (Å²) in [6.07, 6.45) is -0.121. The first-order valence-corrected chi connectivity index (χ1v) is 8.73. The number of sulfonamides is 1. The number of carbonyl (C=O) groups excluding carboxylic acids is 1. The molecule has 1 amide bonds. The van der Waals surface area contributed by atoms with Gasteiger partial charge in [0, 0.05) is 23.2 Å². The van der Waals surface area contributed by atoms with Gasteiger partial charge in [0.15, 0.2) is 0 Å². The van der Waals surface area contributed by atoms with Gasteiger partial charge in [-0.25, -0.2) is 13.6 Å². The summed E-state index contributed by atoms with van der Waals surface area (Å²) in [6.45, 7) is 6.15. The minimum Gasteiger partial charge on any atom is -0.377 e. The number of hydrogen-bond donors (Lipinski definition) is 2. The van der Waals surface area contributed by atoms with Crippen LogP contribution in [-0.4, -0.2) is 33.6 Å². The fraction of sp³-hybridized carbons (Fsp3) is 0.462. The molecule has 0 aliphatic heterocycles. The lowest BCUT2D eigenvalue weighted by atomic mass is 10.1. The van der Waals surface area contributed by atoms with Gasteiger partial charge in [-0.05, 0) is 38.5 Å². The summed E-state index contributed by atoms with van der Waals surface area (Å²) < 4.78 is 28.9. The van der Waals surface area contributed by atoms with E-state index in [1.165, 1.54) is 6.07 Å². The first kappa shape index (κ1) is 18.1. The molecule has 3 N–H and O–H groups in total. The number of benzene rings is 1. The molecule has 1 unspecified atom stereocenters. The topological polar surface area (TPSA) is 98.5 Å². The largest absolute Gasteiger partial charge is 0.377 e. The average molecular weight is 379 g/mol. The van der Waals surface area contributed by atoms with Gasteiger partial charge < -0.3 is 10.1 Å². The van der Waals surface area contributed by atoms with Crippen LogP contribution in [0.25, 0.3) is 0 Å². The number of carbonyl (C=O) groups is 1. The van der Waals surface area contributed by atoms with Crippen molar-refractivity contribution in [1.82, 2.24) is 5.32 Å². The summed E-state index contributed by atoms with van der Waals surface area (Å²) in [5.41, 5.74) is 0.583. The average Bonchev–Trinajstić information content (AvgIpc) is 2.37. The van der Waals surface area contributed by atoms with Crippen LogP contribution in [0.1, 0.15) is 29.8 Å². The van der Waals surface area contributed by atoms with Crippen molar-refractivity contribution in [2.24, 2.45) is 5.14 Å². The van der Waals surface area contributed by atoms with Gasteiger partial charge in [0.2, 0.25) is 10.0 Å². The van der Waals surface area contributed by atoms with E-state index in [-0.39, 0.29) is 22.5 Å². The predicted octanol–water partition coefficient (Wildman–Crippen LogP) is 1.56. The molecule has 1 aromatic carbocycles. The molecule has 0 spiro atoms. The lowest BCUT2D eigenvalue weighted by molar-refractivity contribution is 0.0694. The molecule has 1 atom stereocenters. The monoisotopic (exact) mass is 378 g/mol. The zero-order chi connectivity index (χ0) is 16.2. The molecule has 0 saturated carbocycles. The highest BCUT2D eigenvalue weighted by atomic mass is 79.9. The SMILES string of the molecule is CCOC(C)CNC(=O)c1cc(Br)cc(S(N)(=O)=O)c1C. The van der Waals surface area contributed by atoms with Gasteiger partial charge in [0.25, 0.3) is 5.91 Å². The van der Waals surface area contributed by atoms with Crippen LogP contribution in [0.2, 0.25) is 0 Å². The molecule has 0 bridgehead atoms. The number of halogens is 1. The molecular weight excluding hydrogens is 360 g/mol. The Hall–Kier alpha value is -0.960. The quantitative estimate of drug-likeness (QED) is 0.784. The molecule has 21 heavy (non-hydrogen) atoms. The van der Waals surface area contributed by atoms with E-state index < -0.39 is 10.0 Å². The minimum atomic E-state index is -3.89. The van der Waals surface area contributed by atoms with Crippen LogP contribution in [0.4, 0.5) is 0 Å². The highest BCUT2D eigenvalue weighted by Crippen LogP contribution is 2.24. The number of nitrogens with two attached hydrogens (primary N) is 1. The molecule has 6 nitrogen and oxygen atoms in total. The van der Waals surface area contributed by atoms with E-state index in [4.69, 9.17) is 9.88 Å². The molecule has 118 valence electrons. The highest BCUT2D eigenvalue weighted by molar-refractivity contribution is 9.10. The third-order valence-electron chi connectivity index (χ3n) is 2.88. The van der Waals surface area contributed by atoms with Crippen molar-refractivity contribution in [3.8, 4) is 0 Å². The Labute approximate surface area is 133 Å². The van der Waals surface area contributed by atoms with Crippen molar-refractivity contribution >= 4 is 31.9 Å². The van der Waals surface area contributed by atoms with Gasteiger partial charge in [-0.1, -0.05) is 15.9 Å². The van der Waals surface area contributed by atoms with Gasteiger partial charge in [0.05, 0.1) is 11.0 Å². The molecule has 8 heteroatoms. The second-order valence-electron chi connectivity index (χ2n) is 4.60. The second kappa shape index (κ2) is 7.35. The Morgan fingerprint density at radius 1 is 1.48 bits per heavy atom. The zero-order valence-corrected chi connectivity index (χ0v) is 14.5. The fourth-order valence-electron chi connectivity index (χ4n) is 1.86. The van der Waals surface area contributed by atoms with Gasteiger partial charge in [0.1, 0.15) is 0 Å². The number of rotatable bonds is 6. The first-order chi connectivity index (χ1) is 9.66. The van der Waals surface area contributed by atoms with E-state index in [9.17, 15) is 13.2 Å². The Balaban J connectivity index is 3.03. The van der Waals surface area contributed by atoms with Crippen molar-refractivity contribution in [3.63, 3.8) is 0 Å². The normalized spacial score (nSPS) is 13.0. The summed E-state index contributed by atoms with van der Waals surface area (Å²) in [7, 11) is -3.89. The first-order valence-electron chi connectivity index (χ1n) is 6.39. The Morgan fingerprint density at radius 3 is 2.62 bits per heavy atom. The van der Waals surface area contributed by atoms with Crippen LogP contribution >= 0.6 is 15.9 Å². The molecule has 0 aromatic heterocycles. The van der Waals surface area contributed by atoms with Crippen LogP contribution in [-0.2, 0) is 14.8 Å². The van der Waals surface area contributed by atoms with Crippen LogP contribution in [0.3, 0.4) is 0 Å². The smallest absolute Gasteiger partial charge is 0.251 e. The second-order valence-corrected chi connectivity index (χ2v) is 7.04. The lowest BCUT2D eigenvalue weighted by Crippen LogP contribution is -2.32. The van der Waals surface area contributed by atoms with Crippen LogP contribution in [0.5, 0.6) is 0 Å². The number of ether oxygens (including phenoxy) is 1. The number of amides is 1. The summed E-state index contributed by atoms with van der Waals surface area (Å²) >= 11 is 3.19. The van der Waals surface area contributed by atoms with Gasteiger partial charge in [-0.3, -0.25) is 4.79 Å². The van der Waals surface area contributed by atoms with Crippen LogP contribution in [0.15, 0.2) is 21.5 Å². The van der Waals surface area contributed by atoms with Gasteiger partial charge in [-0.2, -0.15) is 0 Å². The van der Waals surface area contributed by atoms with Crippen molar-refractivity contribution < 1.29 is 17.9 Å². The maximum absolute atomic E-state index is 12.2. The molecule has 0 radical (unpaired) electrons. The number of nitrogens with one attached hydrogen (secondary N) is 1. The molecule has 0 fully saturated rings. The Bertz CT molecular complexity index is 631. The van der Waals surface area contributed by atoms with E-state index in [1.807, 2.05) is 13.8 Å². The van der Waals surface area contributed by atoms with Crippen LogP contribution < -0.4 is 10.5 Å². The zero-order valence-electron chi connectivity index (χ0n) is 12.1. The summed E-state index contributed by atoms with van der Waals surface area (Å²) in [6, 6.07) is 2.94. The number of primary sulfonamides is 1. The van der Waals surface area contributed by atoms with E-state index in [0.29, 0.717) is 23.2 Å². The number of hydrogen-bond acceptors (Lipinski definition) is 4. The third-order valence-corrected chi connectivity index (χ3v) is 4.37. The van der Waals surface area contributed by atoms with E-state index in [0.717, 1.165) is 0 Å². The third kappa shape index (κ3) is 5.06. The van der Waals surface area contributed by atoms with Gasteiger partial charge >= 0.3 is 0 Å². The fourth-order valence-corrected chi connectivity index (χ4v) is 3.30. The van der Waals surface area contributed by atoms with Crippen molar-refractivity contribution in [2.75, 3.05) is 13.2 Å². The molecule has 1 rings (SSSR count). The van der Waals surface area contributed by atoms with Crippen molar-refractivity contribution in [3.05, 3.63) is 27.7 Å². The maximum Gasteiger partial charge on any atom is 0.251 e. The van der Waals surface area contributed by atoms with Crippen LogP contribution in [0, 0.1) is 6.92 Å². The van der Waals surface area contributed by atoms with Crippen molar-refractivity contribution in [1.29, 1.82) is 0 Å². The van der Waals surface area contributed by atoms with Gasteiger partial charge in [-0.15, -0.1) is 0 Å². The molecule has 0 heterocycles. The molecular formula is C13H19BrN2O4S. The maximum atomic E-state index is 12.2. The predicted molar refractivity (Wildman–Crippen MR) is 83.7 cm³/mol. The minimum absolute atomic E-state index is 0.0696. The lowest BCUT2D eigenvalue weighted by Gasteiger charge is -2.15. The van der Waals surface area contributed by atoms with Crippen molar-refractivity contribution in [2.45, 2.75) is 31.8 Å². The Kier molecular flexibility index (Phi) is 6.33. The highest BCUT2D eigenvalue weighted by Gasteiger charge is 2.19. The molecule has 0 saturated heterocycles. The van der Waals surface area contributed by atoms with E-state index in [1.54, 1.807) is 13.0 Å². The summed E-state index contributed by atoms with van der Waals surface area (Å²) in [5.74, 6) is -0.370. The molecule has 0 aliphatic carbocycles. The summed E-state index contributed by atoms with van der Waals surface area (Å²) in [4.78, 5) is 12.1. The van der Waals surface area contributed by atoms with E-state index in [2.05, 4.69) is 21.2 Å².